The molecule has 0 spiro atoms. The standard InChI is InChI=1S/C14H18BrNO4S/c1-16(11-2-5-21(17,18)9-11)8-10-6-13-14(7-12(10)15)20-4-3-19-13/h6-7,11H,2-5,8-9H2,1H3/t11-/m0/s1. The molecule has 0 unspecified atom stereocenters. The monoisotopic (exact) mass is 375 g/mol. The molecule has 1 atom stereocenters. The molecule has 1 fully saturated rings. The van der Waals surface area contributed by atoms with Crippen LogP contribution in [0.2, 0.25) is 0 Å². The van der Waals surface area contributed by atoms with Crippen molar-refractivity contribution in [1.82, 2.24) is 4.90 Å². The van der Waals surface area contributed by atoms with Gasteiger partial charge in [0, 0.05) is 17.1 Å². The van der Waals surface area contributed by atoms with E-state index in [4.69, 9.17) is 9.47 Å². The Morgan fingerprint density at radius 2 is 1.95 bits per heavy atom. The van der Waals surface area contributed by atoms with Gasteiger partial charge in [0.15, 0.2) is 21.3 Å². The maximum atomic E-state index is 11.6. The highest BCUT2D eigenvalue weighted by Gasteiger charge is 2.30. The molecule has 1 aromatic rings. The predicted octanol–water partition coefficient (Wildman–Crippen LogP) is 1.84. The molecule has 1 saturated heterocycles. The van der Waals surface area contributed by atoms with Gasteiger partial charge >= 0.3 is 0 Å². The van der Waals surface area contributed by atoms with Crippen LogP contribution in [0, 0.1) is 0 Å². The summed E-state index contributed by atoms with van der Waals surface area (Å²) in [5.74, 6) is 2.06. The van der Waals surface area contributed by atoms with Crippen LogP contribution in [-0.4, -0.2) is 51.1 Å². The third-order valence-electron chi connectivity index (χ3n) is 3.96. The molecule has 0 bridgehead atoms. The zero-order chi connectivity index (χ0) is 15.0. The van der Waals surface area contributed by atoms with Crippen molar-refractivity contribution < 1.29 is 17.9 Å². The van der Waals surface area contributed by atoms with Gasteiger partial charge in [0.25, 0.3) is 0 Å². The number of hydrogen-bond donors (Lipinski definition) is 0. The SMILES string of the molecule is CN(Cc1cc2c(cc1Br)OCCO2)[C@H]1CCS(=O)(=O)C1. The average Bonchev–Trinajstić information content (AvgIpc) is 2.80. The summed E-state index contributed by atoms with van der Waals surface area (Å²) in [5, 5.41) is 0. The lowest BCUT2D eigenvalue weighted by Crippen LogP contribution is -2.32. The molecule has 116 valence electrons. The largest absolute Gasteiger partial charge is 0.486 e. The maximum Gasteiger partial charge on any atom is 0.162 e. The molecule has 0 radical (unpaired) electrons. The molecule has 1 aromatic carbocycles. The van der Waals surface area contributed by atoms with E-state index in [9.17, 15) is 8.42 Å². The first-order valence-corrected chi connectivity index (χ1v) is 9.55. The fourth-order valence-corrected chi connectivity index (χ4v) is 5.00. The lowest BCUT2D eigenvalue weighted by Gasteiger charge is -2.25. The van der Waals surface area contributed by atoms with Crippen molar-refractivity contribution in [3.05, 3.63) is 22.2 Å². The Kier molecular flexibility index (Phi) is 4.16. The molecule has 0 amide bonds. The van der Waals surface area contributed by atoms with Crippen LogP contribution in [0.1, 0.15) is 12.0 Å². The summed E-state index contributed by atoms with van der Waals surface area (Å²) in [6.07, 6.45) is 0.709. The summed E-state index contributed by atoms with van der Waals surface area (Å²) >= 11 is 3.55. The Morgan fingerprint density at radius 3 is 2.57 bits per heavy atom. The molecule has 3 rings (SSSR count). The third-order valence-corrected chi connectivity index (χ3v) is 6.45. The zero-order valence-corrected chi connectivity index (χ0v) is 14.2. The van der Waals surface area contributed by atoms with E-state index in [0.717, 1.165) is 21.5 Å². The van der Waals surface area contributed by atoms with E-state index in [1.54, 1.807) is 0 Å². The van der Waals surface area contributed by atoms with E-state index < -0.39 is 9.84 Å². The van der Waals surface area contributed by atoms with E-state index in [0.29, 0.717) is 31.9 Å². The van der Waals surface area contributed by atoms with Gasteiger partial charge in [-0.25, -0.2) is 8.42 Å². The van der Waals surface area contributed by atoms with Gasteiger partial charge in [0.2, 0.25) is 0 Å². The van der Waals surface area contributed by atoms with Gasteiger partial charge in [-0.15, -0.1) is 0 Å². The highest BCUT2D eigenvalue weighted by atomic mass is 79.9. The molecule has 5 nitrogen and oxygen atoms in total. The van der Waals surface area contributed by atoms with E-state index >= 15 is 0 Å². The summed E-state index contributed by atoms with van der Waals surface area (Å²) in [7, 11) is -0.888. The van der Waals surface area contributed by atoms with Gasteiger partial charge in [0.1, 0.15) is 13.2 Å². The van der Waals surface area contributed by atoms with Crippen molar-refractivity contribution >= 4 is 25.8 Å². The second-order valence-electron chi connectivity index (χ2n) is 5.56. The Labute approximate surface area is 133 Å². The van der Waals surface area contributed by atoms with Crippen LogP contribution in [0.3, 0.4) is 0 Å². The van der Waals surface area contributed by atoms with E-state index in [1.165, 1.54) is 0 Å². The second-order valence-corrected chi connectivity index (χ2v) is 8.64. The molecule has 21 heavy (non-hydrogen) atoms. The molecule has 0 aliphatic carbocycles. The van der Waals surface area contributed by atoms with Crippen molar-refractivity contribution in [3.63, 3.8) is 0 Å². The number of sulfone groups is 1. The summed E-state index contributed by atoms with van der Waals surface area (Å²) in [4.78, 5) is 2.10. The van der Waals surface area contributed by atoms with Crippen LogP contribution in [0.15, 0.2) is 16.6 Å². The minimum absolute atomic E-state index is 0.0927. The Bertz CT molecular complexity index is 647. The number of fused-ring (bicyclic) bond motifs is 1. The van der Waals surface area contributed by atoms with E-state index in [1.807, 2.05) is 19.2 Å². The van der Waals surface area contributed by atoms with Crippen molar-refractivity contribution in [2.24, 2.45) is 0 Å². The zero-order valence-electron chi connectivity index (χ0n) is 11.8. The van der Waals surface area contributed by atoms with Gasteiger partial charge in [0.05, 0.1) is 11.5 Å². The van der Waals surface area contributed by atoms with Crippen molar-refractivity contribution in [2.75, 3.05) is 31.8 Å². The lowest BCUT2D eigenvalue weighted by atomic mass is 10.1. The lowest BCUT2D eigenvalue weighted by molar-refractivity contribution is 0.170. The molecule has 0 saturated carbocycles. The highest BCUT2D eigenvalue weighted by molar-refractivity contribution is 9.10. The van der Waals surface area contributed by atoms with Gasteiger partial charge in [-0.3, -0.25) is 4.90 Å². The summed E-state index contributed by atoms with van der Waals surface area (Å²) < 4.78 is 35.3. The molecule has 2 heterocycles. The minimum Gasteiger partial charge on any atom is -0.486 e. The first-order valence-electron chi connectivity index (χ1n) is 6.93. The molecular formula is C14H18BrNO4S. The molecule has 2 aliphatic rings. The average molecular weight is 376 g/mol. The maximum absolute atomic E-state index is 11.6. The number of rotatable bonds is 3. The fourth-order valence-electron chi connectivity index (χ4n) is 2.75. The van der Waals surface area contributed by atoms with E-state index in [-0.39, 0.29) is 11.8 Å². The fraction of sp³-hybridized carbons (Fsp3) is 0.571. The molecular weight excluding hydrogens is 358 g/mol. The van der Waals surface area contributed by atoms with Crippen LogP contribution in [0.25, 0.3) is 0 Å². The minimum atomic E-state index is -2.86. The summed E-state index contributed by atoms with van der Waals surface area (Å²) in [6.45, 7) is 1.81. The van der Waals surface area contributed by atoms with E-state index in [2.05, 4.69) is 20.8 Å². The Hall–Kier alpha value is -0.790. The smallest absolute Gasteiger partial charge is 0.162 e. The molecule has 2 aliphatic heterocycles. The van der Waals surface area contributed by atoms with Crippen LogP contribution < -0.4 is 9.47 Å². The topological polar surface area (TPSA) is 55.8 Å². The molecule has 0 N–H and O–H groups in total. The second kappa shape index (κ2) is 5.78. The quantitative estimate of drug-likeness (QED) is 0.806. The van der Waals surface area contributed by atoms with Crippen molar-refractivity contribution in [3.8, 4) is 11.5 Å². The first kappa shape index (κ1) is 15.1. The number of nitrogens with zero attached hydrogens (tertiary/aromatic N) is 1. The van der Waals surface area contributed by atoms with Crippen LogP contribution >= 0.6 is 15.9 Å². The number of ether oxygens (including phenoxy) is 2. The van der Waals surface area contributed by atoms with Crippen molar-refractivity contribution in [2.45, 2.75) is 19.0 Å². The Balaban J connectivity index is 1.75. The summed E-state index contributed by atoms with van der Waals surface area (Å²) in [5.41, 5.74) is 1.08. The third kappa shape index (κ3) is 3.35. The van der Waals surface area contributed by atoms with Gasteiger partial charge in [-0.05, 0) is 31.2 Å². The normalized spacial score (nSPS) is 23.5. The Morgan fingerprint density at radius 1 is 1.29 bits per heavy atom. The van der Waals surface area contributed by atoms with Gasteiger partial charge in [-0.1, -0.05) is 15.9 Å². The highest BCUT2D eigenvalue weighted by Crippen LogP contribution is 2.36. The number of hydrogen-bond acceptors (Lipinski definition) is 5. The predicted molar refractivity (Wildman–Crippen MR) is 83.7 cm³/mol. The molecule has 7 heteroatoms. The number of halogens is 1. The van der Waals surface area contributed by atoms with Gasteiger partial charge < -0.3 is 9.47 Å². The van der Waals surface area contributed by atoms with Crippen LogP contribution in [0.5, 0.6) is 11.5 Å². The van der Waals surface area contributed by atoms with Crippen LogP contribution in [0.4, 0.5) is 0 Å². The van der Waals surface area contributed by atoms with Gasteiger partial charge in [-0.2, -0.15) is 0 Å². The molecule has 0 aromatic heterocycles. The van der Waals surface area contributed by atoms with Crippen molar-refractivity contribution in [1.29, 1.82) is 0 Å². The first-order chi connectivity index (χ1) is 9.94. The number of benzene rings is 1. The van der Waals surface area contributed by atoms with Crippen LogP contribution in [-0.2, 0) is 16.4 Å². The summed E-state index contributed by atoms with van der Waals surface area (Å²) in [6, 6.07) is 3.98.